The summed E-state index contributed by atoms with van der Waals surface area (Å²) in [5, 5.41) is 0. The smallest absolute Gasteiger partial charge is 0.308 e. The first-order valence-corrected chi connectivity index (χ1v) is 5.13. The summed E-state index contributed by atoms with van der Waals surface area (Å²) < 4.78 is 4.73. The van der Waals surface area contributed by atoms with Crippen molar-refractivity contribution in [1.29, 1.82) is 0 Å². The van der Waals surface area contributed by atoms with Crippen LogP contribution in [0.2, 0.25) is 0 Å². The first-order valence-electron chi connectivity index (χ1n) is 5.13. The van der Waals surface area contributed by atoms with E-state index < -0.39 is 0 Å². The standard InChI is InChI=1S/C11H19NO2/c1-4-9(2)12-7-5-10(6-8-12)11(13)14-3/h4,9-10H,1,5-8H2,2-3H3. The monoisotopic (exact) mass is 197 g/mol. The Balaban J connectivity index is 2.38. The molecule has 1 heterocycles. The highest BCUT2D eigenvalue weighted by molar-refractivity contribution is 5.72. The molecule has 0 aromatic heterocycles. The molecule has 3 nitrogen and oxygen atoms in total. The minimum Gasteiger partial charge on any atom is -0.469 e. The average Bonchev–Trinajstić information content (AvgIpc) is 2.27. The van der Waals surface area contributed by atoms with Crippen LogP contribution in [0.5, 0.6) is 0 Å². The van der Waals surface area contributed by atoms with Gasteiger partial charge >= 0.3 is 5.97 Å². The van der Waals surface area contributed by atoms with Gasteiger partial charge in [-0.2, -0.15) is 0 Å². The van der Waals surface area contributed by atoms with Gasteiger partial charge in [0.25, 0.3) is 0 Å². The SMILES string of the molecule is C=CC(C)N1CCC(C(=O)OC)CC1. The summed E-state index contributed by atoms with van der Waals surface area (Å²) in [4.78, 5) is 13.6. The van der Waals surface area contributed by atoms with Crippen molar-refractivity contribution >= 4 is 5.97 Å². The number of nitrogens with zero attached hydrogens (tertiary/aromatic N) is 1. The number of likely N-dealkylation sites (tertiary alicyclic amines) is 1. The Morgan fingerprint density at radius 1 is 1.57 bits per heavy atom. The van der Waals surface area contributed by atoms with Gasteiger partial charge in [0.2, 0.25) is 0 Å². The van der Waals surface area contributed by atoms with E-state index in [0.29, 0.717) is 6.04 Å². The van der Waals surface area contributed by atoms with Crippen molar-refractivity contribution in [3.05, 3.63) is 12.7 Å². The minimum absolute atomic E-state index is 0.0593. The van der Waals surface area contributed by atoms with Gasteiger partial charge in [-0.15, -0.1) is 6.58 Å². The first-order chi connectivity index (χ1) is 6.69. The summed E-state index contributed by atoms with van der Waals surface area (Å²) in [7, 11) is 1.46. The second kappa shape index (κ2) is 5.15. The molecule has 1 aliphatic rings. The van der Waals surface area contributed by atoms with Crippen LogP contribution in [0, 0.1) is 5.92 Å². The molecule has 0 aromatic rings. The van der Waals surface area contributed by atoms with Crippen molar-refractivity contribution in [1.82, 2.24) is 4.90 Å². The third-order valence-electron chi connectivity index (χ3n) is 2.98. The summed E-state index contributed by atoms with van der Waals surface area (Å²) in [6, 6.07) is 0.411. The van der Waals surface area contributed by atoms with Crippen LogP contribution < -0.4 is 0 Å². The molecule has 1 unspecified atom stereocenters. The van der Waals surface area contributed by atoms with E-state index in [9.17, 15) is 4.79 Å². The highest BCUT2D eigenvalue weighted by atomic mass is 16.5. The number of ether oxygens (including phenoxy) is 1. The van der Waals surface area contributed by atoms with Gasteiger partial charge in [0.1, 0.15) is 0 Å². The minimum atomic E-state index is -0.0593. The van der Waals surface area contributed by atoms with Gasteiger partial charge in [0.05, 0.1) is 13.0 Å². The number of hydrogen-bond acceptors (Lipinski definition) is 3. The fourth-order valence-electron chi connectivity index (χ4n) is 1.86. The molecule has 0 amide bonds. The maximum atomic E-state index is 11.3. The van der Waals surface area contributed by atoms with Gasteiger partial charge in [-0.1, -0.05) is 6.08 Å². The lowest BCUT2D eigenvalue weighted by molar-refractivity contribution is -0.147. The van der Waals surface area contributed by atoms with Crippen LogP contribution in [0.3, 0.4) is 0 Å². The molecule has 0 bridgehead atoms. The molecule has 0 saturated carbocycles. The topological polar surface area (TPSA) is 29.5 Å². The van der Waals surface area contributed by atoms with Gasteiger partial charge in [-0.05, 0) is 32.9 Å². The normalized spacial score (nSPS) is 21.6. The molecule has 0 aromatic carbocycles. The zero-order chi connectivity index (χ0) is 10.6. The number of rotatable bonds is 3. The Kier molecular flexibility index (Phi) is 4.14. The van der Waals surface area contributed by atoms with E-state index in [1.54, 1.807) is 0 Å². The molecule has 1 atom stereocenters. The predicted octanol–water partition coefficient (Wildman–Crippen LogP) is 1.45. The fourth-order valence-corrected chi connectivity index (χ4v) is 1.86. The molecule has 0 N–H and O–H groups in total. The Labute approximate surface area is 85.7 Å². The average molecular weight is 197 g/mol. The first kappa shape index (κ1) is 11.2. The number of esters is 1. The van der Waals surface area contributed by atoms with E-state index in [1.165, 1.54) is 7.11 Å². The number of piperidine rings is 1. The highest BCUT2D eigenvalue weighted by Gasteiger charge is 2.26. The molecular weight excluding hydrogens is 178 g/mol. The summed E-state index contributed by atoms with van der Waals surface area (Å²) in [6.07, 6.45) is 3.76. The molecule has 80 valence electrons. The zero-order valence-electron chi connectivity index (χ0n) is 9.03. The molecule has 1 aliphatic heterocycles. The van der Waals surface area contributed by atoms with Crippen LogP contribution in [0.25, 0.3) is 0 Å². The van der Waals surface area contributed by atoms with Crippen LogP contribution >= 0.6 is 0 Å². The summed E-state index contributed by atoms with van der Waals surface area (Å²) >= 11 is 0. The van der Waals surface area contributed by atoms with E-state index in [1.807, 2.05) is 6.08 Å². The summed E-state index contributed by atoms with van der Waals surface area (Å²) in [5.74, 6) is 0.0455. The lowest BCUT2D eigenvalue weighted by Crippen LogP contribution is -2.40. The maximum Gasteiger partial charge on any atom is 0.308 e. The lowest BCUT2D eigenvalue weighted by atomic mass is 9.96. The molecule has 14 heavy (non-hydrogen) atoms. The van der Waals surface area contributed by atoms with Crippen molar-refractivity contribution in [2.75, 3.05) is 20.2 Å². The molecule has 0 spiro atoms. The van der Waals surface area contributed by atoms with E-state index in [0.717, 1.165) is 25.9 Å². The number of carbonyl (C=O) groups is 1. The summed E-state index contributed by atoms with van der Waals surface area (Å²) in [6.45, 7) is 7.83. The Bertz CT molecular complexity index is 207. The Morgan fingerprint density at radius 2 is 2.14 bits per heavy atom. The maximum absolute atomic E-state index is 11.3. The number of hydrogen-bond donors (Lipinski definition) is 0. The zero-order valence-corrected chi connectivity index (χ0v) is 9.03. The molecule has 1 fully saturated rings. The number of methoxy groups -OCH3 is 1. The Morgan fingerprint density at radius 3 is 2.57 bits per heavy atom. The van der Waals surface area contributed by atoms with Crippen molar-refractivity contribution in [2.45, 2.75) is 25.8 Å². The third kappa shape index (κ3) is 2.58. The van der Waals surface area contributed by atoms with Gasteiger partial charge in [0.15, 0.2) is 0 Å². The lowest BCUT2D eigenvalue weighted by Gasteiger charge is -2.33. The molecule has 1 saturated heterocycles. The van der Waals surface area contributed by atoms with Gasteiger partial charge in [-0.25, -0.2) is 0 Å². The number of carbonyl (C=O) groups excluding carboxylic acids is 1. The van der Waals surface area contributed by atoms with Gasteiger partial charge in [0, 0.05) is 6.04 Å². The van der Waals surface area contributed by atoms with E-state index in [2.05, 4.69) is 18.4 Å². The third-order valence-corrected chi connectivity index (χ3v) is 2.98. The molecule has 1 rings (SSSR count). The van der Waals surface area contributed by atoms with Crippen LogP contribution in [0.4, 0.5) is 0 Å². The van der Waals surface area contributed by atoms with Gasteiger partial charge < -0.3 is 4.74 Å². The van der Waals surface area contributed by atoms with E-state index in [-0.39, 0.29) is 11.9 Å². The van der Waals surface area contributed by atoms with Gasteiger partial charge in [-0.3, -0.25) is 9.69 Å². The second-order valence-electron chi connectivity index (χ2n) is 3.81. The molecule has 0 aliphatic carbocycles. The van der Waals surface area contributed by atoms with Crippen molar-refractivity contribution in [3.63, 3.8) is 0 Å². The van der Waals surface area contributed by atoms with E-state index >= 15 is 0 Å². The second-order valence-corrected chi connectivity index (χ2v) is 3.81. The highest BCUT2D eigenvalue weighted by Crippen LogP contribution is 2.20. The van der Waals surface area contributed by atoms with Crippen LogP contribution in [-0.4, -0.2) is 37.1 Å². The molecule has 3 heteroatoms. The van der Waals surface area contributed by atoms with Crippen molar-refractivity contribution in [2.24, 2.45) is 5.92 Å². The van der Waals surface area contributed by atoms with Crippen molar-refractivity contribution in [3.8, 4) is 0 Å². The largest absolute Gasteiger partial charge is 0.469 e. The fraction of sp³-hybridized carbons (Fsp3) is 0.727. The van der Waals surface area contributed by atoms with Crippen LogP contribution in [0.15, 0.2) is 12.7 Å². The quantitative estimate of drug-likeness (QED) is 0.506. The van der Waals surface area contributed by atoms with Crippen LogP contribution in [-0.2, 0) is 9.53 Å². The molecular formula is C11H19NO2. The predicted molar refractivity (Wildman–Crippen MR) is 56.0 cm³/mol. The molecule has 0 radical (unpaired) electrons. The summed E-state index contributed by atoms with van der Waals surface area (Å²) in [5.41, 5.74) is 0. The van der Waals surface area contributed by atoms with E-state index in [4.69, 9.17) is 4.74 Å². The van der Waals surface area contributed by atoms with Crippen LogP contribution in [0.1, 0.15) is 19.8 Å². The Hall–Kier alpha value is -0.830. The van der Waals surface area contributed by atoms with Crippen molar-refractivity contribution < 1.29 is 9.53 Å².